The number of hydrogen-bond donors (Lipinski definition) is 3. The van der Waals surface area contributed by atoms with Crippen molar-refractivity contribution in [2.24, 2.45) is 0 Å². The van der Waals surface area contributed by atoms with Crippen molar-refractivity contribution >= 4 is 28.7 Å². The van der Waals surface area contributed by atoms with Crippen molar-refractivity contribution in [2.45, 2.75) is 12.5 Å². The molecule has 7 heteroatoms. The Morgan fingerprint density at radius 2 is 1.95 bits per heavy atom. The molecule has 2 rings (SSSR count). The van der Waals surface area contributed by atoms with E-state index < -0.39 is 30.3 Å². The lowest BCUT2D eigenvalue weighted by atomic mass is 10.1. The molecule has 1 amide bonds. The van der Waals surface area contributed by atoms with Crippen molar-refractivity contribution in [2.75, 3.05) is 0 Å². The normalized spacial score (nSPS) is 11.8. The molecule has 0 fully saturated rings. The van der Waals surface area contributed by atoms with Crippen LogP contribution in [-0.2, 0) is 9.59 Å². The molecule has 0 bridgehead atoms. The number of fused-ring (bicyclic) bond motifs is 1. The summed E-state index contributed by atoms with van der Waals surface area (Å²) >= 11 is 0. The van der Waals surface area contributed by atoms with Crippen LogP contribution >= 0.6 is 0 Å². The number of aromatic nitrogens is 1. The molecule has 0 aliphatic heterocycles. The maximum absolute atomic E-state index is 12.0. The maximum Gasteiger partial charge on any atom is 0.326 e. The zero-order chi connectivity index (χ0) is 15.4. The molecule has 0 spiro atoms. The second-order valence-electron chi connectivity index (χ2n) is 4.37. The molecule has 7 nitrogen and oxygen atoms in total. The number of aliphatic carboxylic acids is 2. The predicted molar refractivity (Wildman–Crippen MR) is 72.9 cm³/mol. The SMILES string of the molecule is O=C(O)CC(NC(=O)c1ccc2ncccc2c1)C(=O)O. The molecule has 0 aliphatic rings. The molecule has 21 heavy (non-hydrogen) atoms. The van der Waals surface area contributed by atoms with Gasteiger partial charge in [0.1, 0.15) is 6.04 Å². The lowest BCUT2D eigenvalue weighted by Crippen LogP contribution is -2.42. The standard InChI is InChI=1S/C14H12N2O5/c17-12(18)7-11(14(20)21)16-13(19)9-3-4-10-8(6-9)2-1-5-15-10/h1-6,11H,7H2,(H,16,19)(H,17,18)(H,20,21). The minimum Gasteiger partial charge on any atom is -0.481 e. The molecule has 0 aliphatic carbocycles. The number of carboxylic acid groups (broad SMARTS) is 2. The number of carbonyl (C=O) groups excluding carboxylic acids is 1. The van der Waals surface area contributed by atoms with E-state index in [9.17, 15) is 14.4 Å². The predicted octanol–water partition coefficient (Wildman–Crippen LogP) is 0.892. The number of nitrogens with zero attached hydrogens (tertiary/aromatic N) is 1. The van der Waals surface area contributed by atoms with E-state index in [1.807, 2.05) is 0 Å². The molecule has 0 saturated heterocycles. The van der Waals surface area contributed by atoms with E-state index in [-0.39, 0.29) is 5.56 Å². The number of nitrogens with one attached hydrogen (secondary N) is 1. The number of benzene rings is 1. The zero-order valence-corrected chi connectivity index (χ0v) is 10.8. The van der Waals surface area contributed by atoms with Crippen molar-refractivity contribution in [1.29, 1.82) is 0 Å². The summed E-state index contributed by atoms with van der Waals surface area (Å²) < 4.78 is 0. The molecule has 3 N–H and O–H groups in total. The Labute approximate surface area is 119 Å². The largest absolute Gasteiger partial charge is 0.481 e. The van der Waals surface area contributed by atoms with Crippen LogP contribution in [0.15, 0.2) is 36.5 Å². The molecular weight excluding hydrogens is 276 g/mol. The zero-order valence-electron chi connectivity index (χ0n) is 10.8. The van der Waals surface area contributed by atoms with E-state index in [0.717, 1.165) is 5.39 Å². The third kappa shape index (κ3) is 3.53. The fraction of sp³-hybridized carbons (Fsp3) is 0.143. The Kier molecular flexibility index (Phi) is 4.13. The maximum atomic E-state index is 12.0. The number of carbonyl (C=O) groups is 3. The average molecular weight is 288 g/mol. The van der Waals surface area contributed by atoms with Crippen LogP contribution in [0.4, 0.5) is 0 Å². The quantitative estimate of drug-likeness (QED) is 0.752. The van der Waals surface area contributed by atoms with Gasteiger partial charge in [0.2, 0.25) is 0 Å². The first-order chi connectivity index (χ1) is 9.97. The van der Waals surface area contributed by atoms with Crippen LogP contribution in [0.3, 0.4) is 0 Å². The highest BCUT2D eigenvalue weighted by molar-refractivity contribution is 6.00. The molecule has 2 aromatic rings. The van der Waals surface area contributed by atoms with Crippen molar-refractivity contribution in [3.63, 3.8) is 0 Å². The van der Waals surface area contributed by atoms with Gasteiger partial charge in [-0.15, -0.1) is 0 Å². The van der Waals surface area contributed by atoms with Gasteiger partial charge in [0.25, 0.3) is 5.91 Å². The monoisotopic (exact) mass is 288 g/mol. The van der Waals surface area contributed by atoms with Crippen molar-refractivity contribution < 1.29 is 24.6 Å². The molecule has 0 radical (unpaired) electrons. The number of carboxylic acids is 2. The van der Waals surface area contributed by atoms with Gasteiger partial charge in [-0.2, -0.15) is 0 Å². The van der Waals surface area contributed by atoms with Crippen LogP contribution in [0.25, 0.3) is 10.9 Å². The number of hydrogen-bond acceptors (Lipinski definition) is 4. The van der Waals surface area contributed by atoms with Crippen LogP contribution < -0.4 is 5.32 Å². The Bertz CT molecular complexity index is 713. The molecule has 0 saturated carbocycles. The van der Waals surface area contributed by atoms with E-state index in [2.05, 4.69) is 10.3 Å². The summed E-state index contributed by atoms with van der Waals surface area (Å²) in [6, 6.07) is 6.72. The van der Waals surface area contributed by atoms with Crippen LogP contribution in [0.5, 0.6) is 0 Å². The van der Waals surface area contributed by atoms with E-state index in [1.165, 1.54) is 6.07 Å². The molecule has 108 valence electrons. The highest BCUT2D eigenvalue weighted by Crippen LogP contribution is 2.13. The molecule has 1 unspecified atom stereocenters. The van der Waals surface area contributed by atoms with Crippen LogP contribution in [-0.4, -0.2) is 39.1 Å². The molecule has 1 atom stereocenters. The molecule has 1 aromatic heterocycles. The van der Waals surface area contributed by atoms with Gasteiger partial charge in [-0.05, 0) is 24.3 Å². The van der Waals surface area contributed by atoms with Gasteiger partial charge in [0.15, 0.2) is 0 Å². The first kappa shape index (κ1) is 14.4. The first-order valence-corrected chi connectivity index (χ1v) is 6.07. The van der Waals surface area contributed by atoms with Gasteiger partial charge < -0.3 is 15.5 Å². The van der Waals surface area contributed by atoms with Gasteiger partial charge in [-0.3, -0.25) is 14.6 Å². The Morgan fingerprint density at radius 3 is 2.62 bits per heavy atom. The van der Waals surface area contributed by atoms with Crippen LogP contribution in [0, 0.1) is 0 Å². The second-order valence-corrected chi connectivity index (χ2v) is 4.37. The van der Waals surface area contributed by atoms with E-state index in [0.29, 0.717) is 5.52 Å². The fourth-order valence-corrected chi connectivity index (χ4v) is 1.83. The van der Waals surface area contributed by atoms with Crippen LogP contribution in [0.2, 0.25) is 0 Å². The van der Waals surface area contributed by atoms with Crippen molar-refractivity contribution in [3.8, 4) is 0 Å². The summed E-state index contributed by atoms with van der Waals surface area (Å²) in [5.41, 5.74) is 0.946. The summed E-state index contributed by atoms with van der Waals surface area (Å²) in [4.78, 5) is 37.6. The summed E-state index contributed by atoms with van der Waals surface area (Å²) in [5.74, 6) is -3.34. The lowest BCUT2D eigenvalue weighted by molar-refractivity contribution is -0.145. The molecule has 1 heterocycles. The number of amides is 1. The van der Waals surface area contributed by atoms with Gasteiger partial charge in [0, 0.05) is 17.1 Å². The first-order valence-electron chi connectivity index (χ1n) is 6.07. The lowest BCUT2D eigenvalue weighted by Gasteiger charge is -2.12. The molecular formula is C14H12N2O5. The minimum atomic E-state index is -1.47. The highest BCUT2D eigenvalue weighted by Gasteiger charge is 2.23. The summed E-state index contributed by atoms with van der Waals surface area (Å²) in [6.45, 7) is 0. The Morgan fingerprint density at radius 1 is 1.19 bits per heavy atom. The van der Waals surface area contributed by atoms with Gasteiger partial charge in [-0.1, -0.05) is 6.07 Å². The van der Waals surface area contributed by atoms with Gasteiger partial charge >= 0.3 is 11.9 Å². The van der Waals surface area contributed by atoms with Gasteiger partial charge in [0.05, 0.1) is 11.9 Å². The van der Waals surface area contributed by atoms with E-state index >= 15 is 0 Å². The Balaban J connectivity index is 2.20. The third-order valence-corrected chi connectivity index (χ3v) is 2.85. The van der Waals surface area contributed by atoms with E-state index in [4.69, 9.17) is 10.2 Å². The number of pyridine rings is 1. The summed E-state index contributed by atoms with van der Waals surface area (Å²) in [5, 5.41) is 20.5. The highest BCUT2D eigenvalue weighted by atomic mass is 16.4. The fourth-order valence-electron chi connectivity index (χ4n) is 1.83. The van der Waals surface area contributed by atoms with Crippen molar-refractivity contribution in [1.82, 2.24) is 10.3 Å². The van der Waals surface area contributed by atoms with Crippen molar-refractivity contribution in [3.05, 3.63) is 42.1 Å². The minimum absolute atomic E-state index is 0.243. The summed E-state index contributed by atoms with van der Waals surface area (Å²) in [6.07, 6.45) is 0.936. The Hall–Kier alpha value is -2.96. The second kappa shape index (κ2) is 6.00. The topological polar surface area (TPSA) is 117 Å². The summed E-state index contributed by atoms with van der Waals surface area (Å²) in [7, 11) is 0. The average Bonchev–Trinajstić information content (AvgIpc) is 2.45. The van der Waals surface area contributed by atoms with E-state index in [1.54, 1.807) is 30.5 Å². The molecule has 1 aromatic carbocycles. The smallest absolute Gasteiger partial charge is 0.326 e. The van der Waals surface area contributed by atoms with Gasteiger partial charge in [-0.25, -0.2) is 4.79 Å². The van der Waals surface area contributed by atoms with Crippen LogP contribution in [0.1, 0.15) is 16.8 Å². The third-order valence-electron chi connectivity index (χ3n) is 2.85. The number of rotatable bonds is 5.